The highest BCUT2D eigenvalue weighted by atomic mass is 32.2. The molecule has 0 aliphatic carbocycles. The molecule has 0 bridgehead atoms. The number of nitrogens with two attached hydrogens (primary N) is 1. The second-order valence-corrected chi connectivity index (χ2v) is 7.69. The van der Waals surface area contributed by atoms with Crippen LogP contribution in [0.15, 0.2) is 28.8 Å². The molecule has 0 saturated carbocycles. The summed E-state index contributed by atoms with van der Waals surface area (Å²) in [6.07, 6.45) is 1.35. The van der Waals surface area contributed by atoms with E-state index in [1.165, 1.54) is 4.31 Å². The highest BCUT2D eigenvalue weighted by Gasteiger charge is 2.36. The first-order chi connectivity index (χ1) is 11.0. The van der Waals surface area contributed by atoms with Gasteiger partial charge in [-0.15, -0.1) is 0 Å². The SMILES string of the molecule is COC1CCN(S(=O)(=O)Cc2noc3ccccc23)C(CN)C1. The molecular weight excluding hydrogens is 318 g/mol. The third-order valence-electron chi connectivity index (χ3n) is 4.35. The lowest BCUT2D eigenvalue weighted by atomic mass is 10.0. The molecule has 2 heterocycles. The van der Waals surface area contributed by atoms with Crippen molar-refractivity contribution < 1.29 is 17.7 Å². The fourth-order valence-corrected chi connectivity index (χ4v) is 4.81. The van der Waals surface area contributed by atoms with E-state index in [1.807, 2.05) is 18.2 Å². The summed E-state index contributed by atoms with van der Waals surface area (Å²) in [4.78, 5) is 0. The smallest absolute Gasteiger partial charge is 0.220 e. The number of nitrogens with zero attached hydrogens (tertiary/aromatic N) is 2. The van der Waals surface area contributed by atoms with Gasteiger partial charge in [0.15, 0.2) is 5.58 Å². The van der Waals surface area contributed by atoms with Crippen molar-refractivity contribution in [2.75, 3.05) is 20.2 Å². The van der Waals surface area contributed by atoms with Gasteiger partial charge in [0.2, 0.25) is 10.0 Å². The summed E-state index contributed by atoms with van der Waals surface area (Å²) in [5.41, 5.74) is 6.80. The third-order valence-corrected chi connectivity index (χ3v) is 6.18. The fourth-order valence-electron chi connectivity index (χ4n) is 3.08. The van der Waals surface area contributed by atoms with E-state index in [4.69, 9.17) is 15.0 Å². The number of sulfonamides is 1. The molecule has 1 saturated heterocycles. The van der Waals surface area contributed by atoms with E-state index in [1.54, 1.807) is 13.2 Å². The lowest BCUT2D eigenvalue weighted by Gasteiger charge is -2.37. The maximum atomic E-state index is 12.8. The largest absolute Gasteiger partial charge is 0.381 e. The molecule has 0 amide bonds. The van der Waals surface area contributed by atoms with Gasteiger partial charge in [-0.2, -0.15) is 4.31 Å². The minimum atomic E-state index is -3.52. The van der Waals surface area contributed by atoms with Crippen molar-refractivity contribution in [1.82, 2.24) is 9.46 Å². The minimum Gasteiger partial charge on any atom is -0.381 e. The van der Waals surface area contributed by atoms with Crippen LogP contribution in [0.25, 0.3) is 11.0 Å². The zero-order chi connectivity index (χ0) is 16.4. The molecule has 1 aromatic carbocycles. The van der Waals surface area contributed by atoms with Gasteiger partial charge in [0, 0.05) is 31.6 Å². The van der Waals surface area contributed by atoms with Crippen molar-refractivity contribution in [2.45, 2.75) is 30.7 Å². The maximum absolute atomic E-state index is 12.8. The Bertz CT molecular complexity index is 774. The zero-order valence-electron chi connectivity index (χ0n) is 13.0. The normalized spacial score (nSPS) is 23.4. The van der Waals surface area contributed by atoms with Crippen molar-refractivity contribution in [3.8, 4) is 0 Å². The molecule has 1 aromatic heterocycles. The first-order valence-electron chi connectivity index (χ1n) is 7.61. The molecule has 1 aliphatic heterocycles. The molecule has 7 nitrogen and oxygen atoms in total. The predicted molar refractivity (Wildman–Crippen MR) is 86.2 cm³/mol. The molecule has 8 heteroatoms. The van der Waals surface area contributed by atoms with Gasteiger partial charge < -0.3 is 15.0 Å². The number of aromatic nitrogens is 1. The molecule has 2 aromatic rings. The van der Waals surface area contributed by atoms with Crippen LogP contribution in [0, 0.1) is 0 Å². The van der Waals surface area contributed by atoms with E-state index in [2.05, 4.69) is 5.16 Å². The van der Waals surface area contributed by atoms with Crippen LogP contribution in [0.1, 0.15) is 18.5 Å². The Hall–Kier alpha value is -1.48. The van der Waals surface area contributed by atoms with Crippen LogP contribution in [0.5, 0.6) is 0 Å². The van der Waals surface area contributed by atoms with Crippen LogP contribution in [0.3, 0.4) is 0 Å². The molecule has 23 heavy (non-hydrogen) atoms. The second kappa shape index (κ2) is 6.56. The Morgan fingerprint density at radius 3 is 2.96 bits per heavy atom. The summed E-state index contributed by atoms with van der Waals surface area (Å²) in [7, 11) is -1.87. The quantitative estimate of drug-likeness (QED) is 0.876. The average molecular weight is 339 g/mol. The summed E-state index contributed by atoms with van der Waals surface area (Å²) in [5.74, 6) is -0.182. The average Bonchev–Trinajstić information content (AvgIpc) is 2.96. The molecule has 0 spiro atoms. The topological polar surface area (TPSA) is 98.7 Å². The van der Waals surface area contributed by atoms with Crippen LogP contribution < -0.4 is 5.73 Å². The van der Waals surface area contributed by atoms with Crippen LogP contribution in [-0.2, 0) is 20.5 Å². The summed E-state index contributed by atoms with van der Waals surface area (Å²) in [6.45, 7) is 0.692. The Balaban J connectivity index is 1.83. The first-order valence-corrected chi connectivity index (χ1v) is 9.21. The molecule has 2 unspecified atom stereocenters. The van der Waals surface area contributed by atoms with E-state index in [-0.39, 0.29) is 24.4 Å². The monoisotopic (exact) mass is 339 g/mol. The van der Waals surface area contributed by atoms with Crippen molar-refractivity contribution >= 4 is 21.0 Å². The number of fused-ring (bicyclic) bond motifs is 1. The van der Waals surface area contributed by atoms with E-state index in [9.17, 15) is 8.42 Å². The molecule has 1 fully saturated rings. The highest BCUT2D eigenvalue weighted by Crippen LogP contribution is 2.26. The van der Waals surface area contributed by atoms with Crippen LogP contribution in [0.2, 0.25) is 0 Å². The lowest BCUT2D eigenvalue weighted by Crippen LogP contribution is -2.51. The number of piperidine rings is 1. The minimum absolute atomic E-state index is 0.0582. The van der Waals surface area contributed by atoms with Gasteiger partial charge in [-0.3, -0.25) is 0 Å². The number of rotatable bonds is 5. The van der Waals surface area contributed by atoms with Crippen LogP contribution >= 0.6 is 0 Å². The number of para-hydroxylation sites is 1. The summed E-state index contributed by atoms with van der Waals surface area (Å²) < 4.78 is 37.6. The number of hydrogen-bond acceptors (Lipinski definition) is 6. The van der Waals surface area contributed by atoms with Gasteiger partial charge >= 0.3 is 0 Å². The van der Waals surface area contributed by atoms with E-state index in [0.29, 0.717) is 30.7 Å². The van der Waals surface area contributed by atoms with Gasteiger partial charge in [-0.25, -0.2) is 8.42 Å². The van der Waals surface area contributed by atoms with Crippen molar-refractivity contribution in [2.24, 2.45) is 5.73 Å². The fraction of sp³-hybridized carbons (Fsp3) is 0.533. The summed E-state index contributed by atoms with van der Waals surface area (Å²) in [5, 5.41) is 4.65. The van der Waals surface area contributed by atoms with Crippen molar-refractivity contribution in [3.63, 3.8) is 0 Å². The zero-order valence-corrected chi connectivity index (χ0v) is 13.8. The van der Waals surface area contributed by atoms with Crippen molar-refractivity contribution in [3.05, 3.63) is 30.0 Å². The number of methoxy groups -OCH3 is 1. The Morgan fingerprint density at radius 1 is 1.43 bits per heavy atom. The van der Waals surface area contributed by atoms with Gasteiger partial charge in [0.1, 0.15) is 11.4 Å². The molecular formula is C15H21N3O4S. The first kappa shape index (κ1) is 16.4. The third kappa shape index (κ3) is 3.25. The summed E-state index contributed by atoms with van der Waals surface area (Å²) in [6, 6.07) is 7.00. The van der Waals surface area contributed by atoms with E-state index < -0.39 is 10.0 Å². The van der Waals surface area contributed by atoms with Crippen molar-refractivity contribution in [1.29, 1.82) is 0 Å². The molecule has 2 atom stereocenters. The molecule has 126 valence electrons. The highest BCUT2D eigenvalue weighted by molar-refractivity contribution is 7.88. The Morgan fingerprint density at radius 2 is 2.22 bits per heavy atom. The van der Waals surface area contributed by atoms with Gasteiger partial charge in [0.25, 0.3) is 0 Å². The van der Waals surface area contributed by atoms with Crippen LogP contribution in [0.4, 0.5) is 0 Å². The standard InChI is InChI=1S/C15H21N3O4S/c1-21-12-6-7-18(11(8-12)9-16)23(19,20)10-14-13-4-2-3-5-15(13)22-17-14/h2-5,11-12H,6-10,16H2,1H3. The maximum Gasteiger partial charge on any atom is 0.220 e. The lowest BCUT2D eigenvalue weighted by molar-refractivity contribution is 0.0401. The van der Waals surface area contributed by atoms with Gasteiger partial charge in [-0.1, -0.05) is 17.3 Å². The Labute approximate surface area is 135 Å². The number of hydrogen-bond donors (Lipinski definition) is 1. The summed E-state index contributed by atoms with van der Waals surface area (Å²) >= 11 is 0. The molecule has 0 radical (unpaired) electrons. The van der Waals surface area contributed by atoms with E-state index in [0.717, 1.165) is 5.39 Å². The van der Waals surface area contributed by atoms with Gasteiger partial charge in [-0.05, 0) is 25.0 Å². The molecule has 3 rings (SSSR count). The Kier molecular flexibility index (Phi) is 4.67. The number of ether oxygens (including phenoxy) is 1. The molecule has 2 N–H and O–H groups in total. The molecule has 1 aliphatic rings. The van der Waals surface area contributed by atoms with Gasteiger partial charge in [0.05, 0.1) is 6.10 Å². The van der Waals surface area contributed by atoms with Crippen LogP contribution in [-0.4, -0.2) is 50.2 Å². The van der Waals surface area contributed by atoms with E-state index >= 15 is 0 Å². The number of benzene rings is 1. The predicted octanol–water partition coefficient (Wildman–Crippen LogP) is 1.10. The second-order valence-electron chi connectivity index (χ2n) is 5.76.